The van der Waals surface area contributed by atoms with Crippen molar-refractivity contribution in [2.24, 2.45) is 0 Å². The molecule has 0 aliphatic carbocycles. The quantitative estimate of drug-likeness (QED) is 0.360. The van der Waals surface area contributed by atoms with Crippen LogP contribution in [0.4, 0.5) is 4.39 Å². The van der Waals surface area contributed by atoms with Crippen molar-refractivity contribution >= 4 is 22.6 Å². The van der Waals surface area contributed by atoms with Crippen LogP contribution in [0.1, 0.15) is 11.1 Å². The summed E-state index contributed by atoms with van der Waals surface area (Å²) in [6.45, 7) is 2.05. The van der Waals surface area contributed by atoms with E-state index in [9.17, 15) is 9.18 Å². The van der Waals surface area contributed by atoms with Gasteiger partial charge in [-0.2, -0.15) is 0 Å². The monoisotopic (exact) mass is 424 g/mol. The minimum atomic E-state index is -0.427. The highest BCUT2D eigenvalue weighted by Crippen LogP contribution is 2.30. The lowest BCUT2D eigenvalue weighted by Crippen LogP contribution is -2.06. The Kier molecular flexibility index (Phi) is 5.46. The summed E-state index contributed by atoms with van der Waals surface area (Å²) in [7, 11) is 1.59. The molecule has 0 amide bonds. The highest BCUT2D eigenvalue weighted by Gasteiger charge is 2.14. The predicted octanol–water partition coefficient (Wildman–Crippen LogP) is 6.15. The second kappa shape index (κ2) is 8.20. The van der Waals surface area contributed by atoms with E-state index in [4.69, 9.17) is 25.5 Å². The normalized spacial score (nSPS) is 10.9. The predicted molar refractivity (Wildman–Crippen MR) is 115 cm³/mol. The van der Waals surface area contributed by atoms with E-state index in [-0.39, 0.29) is 6.61 Å². The fraction of sp³-hybridized carbons (Fsp3) is 0.125. The van der Waals surface area contributed by atoms with Crippen molar-refractivity contribution in [3.8, 4) is 22.6 Å². The van der Waals surface area contributed by atoms with Crippen LogP contribution < -0.4 is 15.1 Å². The van der Waals surface area contributed by atoms with Crippen LogP contribution in [-0.4, -0.2) is 7.11 Å². The van der Waals surface area contributed by atoms with E-state index >= 15 is 0 Å². The van der Waals surface area contributed by atoms with Gasteiger partial charge in [0.15, 0.2) is 0 Å². The van der Waals surface area contributed by atoms with E-state index < -0.39 is 11.4 Å². The van der Waals surface area contributed by atoms with Gasteiger partial charge in [-0.1, -0.05) is 29.8 Å². The minimum absolute atomic E-state index is 0.164. The molecule has 0 aliphatic rings. The van der Waals surface area contributed by atoms with Crippen molar-refractivity contribution in [3.63, 3.8) is 0 Å². The number of methoxy groups -OCH3 is 1. The molecule has 3 aromatic carbocycles. The minimum Gasteiger partial charge on any atom is -0.497 e. The summed E-state index contributed by atoms with van der Waals surface area (Å²) in [5, 5.41) is 1.11. The molecule has 0 spiro atoms. The summed E-state index contributed by atoms with van der Waals surface area (Å²) >= 11 is 6.04. The number of hydrogen-bond donors (Lipinski definition) is 0. The number of halogens is 2. The molecular weight excluding hydrogens is 407 g/mol. The number of rotatable bonds is 5. The first-order valence-electron chi connectivity index (χ1n) is 9.25. The molecule has 0 fully saturated rings. The molecule has 1 aromatic heterocycles. The van der Waals surface area contributed by atoms with Crippen molar-refractivity contribution in [2.45, 2.75) is 13.5 Å². The van der Waals surface area contributed by atoms with Gasteiger partial charge in [0.25, 0.3) is 0 Å². The second-order valence-electron chi connectivity index (χ2n) is 6.80. The molecule has 1 heterocycles. The fourth-order valence-electron chi connectivity index (χ4n) is 3.32. The highest BCUT2D eigenvalue weighted by molar-refractivity contribution is 6.31. The third kappa shape index (κ3) is 3.89. The molecule has 4 nitrogen and oxygen atoms in total. The van der Waals surface area contributed by atoms with E-state index in [1.165, 1.54) is 12.1 Å². The van der Waals surface area contributed by atoms with Gasteiger partial charge < -0.3 is 13.9 Å². The zero-order valence-corrected chi connectivity index (χ0v) is 17.1. The SMILES string of the molecule is COc1ccc(-c2c(C)c3ccc(OCc4ccc(F)cc4Cl)cc3oc2=O)cc1. The van der Waals surface area contributed by atoms with Crippen LogP contribution in [0.5, 0.6) is 11.5 Å². The third-order valence-electron chi connectivity index (χ3n) is 4.93. The van der Waals surface area contributed by atoms with Crippen molar-refractivity contribution in [1.29, 1.82) is 0 Å². The van der Waals surface area contributed by atoms with Gasteiger partial charge in [-0.25, -0.2) is 9.18 Å². The van der Waals surface area contributed by atoms with Gasteiger partial charge in [-0.05, 0) is 54.4 Å². The van der Waals surface area contributed by atoms with Crippen LogP contribution in [-0.2, 0) is 6.61 Å². The molecule has 0 unspecified atom stereocenters. The molecule has 0 aliphatic heterocycles. The molecular formula is C24H18ClFO4. The second-order valence-corrected chi connectivity index (χ2v) is 7.21. The smallest absolute Gasteiger partial charge is 0.344 e. The largest absolute Gasteiger partial charge is 0.497 e. The Bertz CT molecular complexity index is 1280. The Morgan fingerprint density at radius 2 is 1.73 bits per heavy atom. The molecule has 0 saturated heterocycles. The Morgan fingerprint density at radius 1 is 1.00 bits per heavy atom. The molecule has 0 radical (unpaired) electrons. The van der Waals surface area contributed by atoms with E-state index in [1.54, 1.807) is 37.4 Å². The zero-order valence-electron chi connectivity index (χ0n) is 16.4. The number of fused-ring (bicyclic) bond motifs is 1. The Morgan fingerprint density at radius 3 is 2.43 bits per heavy atom. The topological polar surface area (TPSA) is 48.7 Å². The van der Waals surface area contributed by atoms with E-state index in [2.05, 4.69) is 0 Å². The molecule has 0 N–H and O–H groups in total. The van der Waals surface area contributed by atoms with Gasteiger partial charge in [0.05, 0.1) is 17.7 Å². The molecule has 4 aromatic rings. The standard InChI is InChI=1S/C24H18ClFO4/c1-14-20-10-9-19(29-13-16-3-6-17(26)11-21(16)25)12-22(20)30-24(27)23(14)15-4-7-18(28-2)8-5-15/h3-12H,13H2,1-2H3. The first-order valence-corrected chi connectivity index (χ1v) is 9.62. The maximum atomic E-state index is 13.2. The van der Waals surface area contributed by atoms with Gasteiger partial charge in [-0.15, -0.1) is 0 Å². The van der Waals surface area contributed by atoms with Gasteiger partial charge in [0.2, 0.25) is 0 Å². The lowest BCUT2D eigenvalue weighted by Gasteiger charge is -2.11. The van der Waals surface area contributed by atoms with Crippen LogP contribution in [0.2, 0.25) is 5.02 Å². The maximum absolute atomic E-state index is 13.2. The number of ether oxygens (including phenoxy) is 2. The first kappa shape index (κ1) is 20.0. The summed E-state index contributed by atoms with van der Waals surface area (Å²) in [5.41, 5.74) is 2.75. The van der Waals surface area contributed by atoms with Crippen molar-refractivity contribution < 1.29 is 18.3 Å². The fourth-order valence-corrected chi connectivity index (χ4v) is 3.54. The molecule has 4 rings (SSSR count). The summed E-state index contributed by atoms with van der Waals surface area (Å²) in [4.78, 5) is 12.7. The van der Waals surface area contributed by atoms with Gasteiger partial charge >= 0.3 is 5.63 Å². The maximum Gasteiger partial charge on any atom is 0.344 e. The molecule has 0 saturated carbocycles. The average molecular weight is 425 g/mol. The highest BCUT2D eigenvalue weighted by atomic mass is 35.5. The van der Waals surface area contributed by atoms with Crippen LogP contribution >= 0.6 is 11.6 Å². The Balaban J connectivity index is 1.66. The molecule has 6 heteroatoms. The summed E-state index contributed by atoms with van der Waals surface area (Å²) in [5.74, 6) is 0.826. The lowest BCUT2D eigenvalue weighted by atomic mass is 9.99. The summed E-state index contributed by atoms with van der Waals surface area (Å²) < 4.78 is 29.7. The molecule has 30 heavy (non-hydrogen) atoms. The van der Waals surface area contributed by atoms with Crippen LogP contribution in [0, 0.1) is 12.7 Å². The summed E-state index contributed by atoms with van der Waals surface area (Å²) in [6.07, 6.45) is 0. The number of hydrogen-bond acceptors (Lipinski definition) is 4. The van der Waals surface area contributed by atoms with Crippen molar-refractivity contribution in [3.05, 3.63) is 93.1 Å². The van der Waals surface area contributed by atoms with Crippen LogP contribution in [0.15, 0.2) is 69.9 Å². The third-order valence-corrected chi connectivity index (χ3v) is 5.28. The van der Waals surface area contributed by atoms with Gasteiger partial charge in [0, 0.05) is 17.0 Å². The van der Waals surface area contributed by atoms with Gasteiger partial charge in [-0.3, -0.25) is 0 Å². The zero-order chi connectivity index (χ0) is 21.3. The molecule has 0 atom stereocenters. The van der Waals surface area contributed by atoms with Gasteiger partial charge in [0.1, 0.15) is 29.5 Å². The lowest BCUT2D eigenvalue weighted by molar-refractivity contribution is 0.306. The molecule has 0 bridgehead atoms. The summed E-state index contributed by atoms with van der Waals surface area (Å²) in [6, 6.07) is 16.7. The Labute approximate surface area is 177 Å². The van der Waals surface area contributed by atoms with E-state index in [1.807, 2.05) is 25.1 Å². The van der Waals surface area contributed by atoms with E-state index in [0.717, 1.165) is 16.5 Å². The van der Waals surface area contributed by atoms with E-state index in [0.29, 0.717) is 33.2 Å². The molecule has 152 valence electrons. The Hall–Kier alpha value is -3.31. The first-order chi connectivity index (χ1) is 14.5. The van der Waals surface area contributed by atoms with Crippen LogP contribution in [0.3, 0.4) is 0 Å². The number of benzene rings is 3. The average Bonchev–Trinajstić information content (AvgIpc) is 2.73. The van der Waals surface area contributed by atoms with Crippen molar-refractivity contribution in [2.75, 3.05) is 7.11 Å². The number of aryl methyl sites for hydroxylation is 1. The van der Waals surface area contributed by atoms with Crippen LogP contribution in [0.25, 0.3) is 22.1 Å². The van der Waals surface area contributed by atoms with Crippen molar-refractivity contribution in [1.82, 2.24) is 0 Å².